The maximum atomic E-state index is 11.6. The van der Waals surface area contributed by atoms with E-state index in [4.69, 9.17) is 4.74 Å². The van der Waals surface area contributed by atoms with Gasteiger partial charge in [0, 0.05) is 13.7 Å². The van der Waals surface area contributed by atoms with Crippen LogP contribution in [0.1, 0.15) is 33.1 Å². The van der Waals surface area contributed by atoms with E-state index in [0.29, 0.717) is 13.0 Å². The third-order valence-electron chi connectivity index (χ3n) is 3.46. The van der Waals surface area contributed by atoms with Gasteiger partial charge in [0.15, 0.2) is 0 Å². The van der Waals surface area contributed by atoms with Gasteiger partial charge in [-0.1, -0.05) is 37.1 Å². The van der Waals surface area contributed by atoms with E-state index < -0.39 is 11.4 Å². The first kappa shape index (κ1) is 14.0. The van der Waals surface area contributed by atoms with E-state index in [-0.39, 0.29) is 5.92 Å². The molecule has 3 heteroatoms. The van der Waals surface area contributed by atoms with Crippen LogP contribution in [0.2, 0.25) is 0 Å². The van der Waals surface area contributed by atoms with Crippen LogP contribution in [0, 0.1) is 11.3 Å². The average Bonchev–Trinajstić information content (AvgIpc) is 2.29. The summed E-state index contributed by atoms with van der Waals surface area (Å²) in [4.78, 5) is 11.6. The van der Waals surface area contributed by atoms with Crippen molar-refractivity contribution in [1.82, 2.24) is 0 Å². The van der Waals surface area contributed by atoms with Crippen LogP contribution in [0.5, 0.6) is 0 Å². The second-order valence-electron chi connectivity index (χ2n) is 4.73. The summed E-state index contributed by atoms with van der Waals surface area (Å²) in [7, 11) is 1.65. The fraction of sp³-hybridized carbons (Fsp3) is 0.643. The molecule has 0 spiro atoms. The molecule has 0 fully saturated rings. The molecule has 0 radical (unpaired) electrons. The van der Waals surface area contributed by atoms with Gasteiger partial charge in [0.05, 0.1) is 5.41 Å². The molecule has 0 aromatic carbocycles. The van der Waals surface area contributed by atoms with Gasteiger partial charge in [-0.3, -0.25) is 4.79 Å². The molecule has 0 saturated carbocycles. The molecule has 1 aliphatic carbocycles. The fourth-order valence-electron chi connectivity index (χ4n) is 2.53. The van der Waals surface area contributed by atoms with Gasteiger partial charge in [0.2, 0.25) is 0 Å². The van der Waals surface area contributed by atoms with E-state index in [1.807, 2.05) is 26.0 Å². The molecule has 0 saturated heterocycles. The number of rotatable bonds is 6. The molecule has 1 aliphatic rings. The lowest BCUT2D eigenvalue weighted by molar-refractivity contribution is -0.149. The molecule has 1 N–H and O–H groups in total. The number of carboxylic acids is 1. The Morgan fingerprint density at radius 2 is 2.29 bits per heavy atom. The smallest absolute Gasteiger partial charge is 0.314 e. The number of allylic oxidation sites excluding steroid dienone is 3. The lowest BCUT2D eigenvalue weighted by Gasteiger charge is -2.35. The van der Waals surface area contributed by atoms with Gasteiger partial charge in [-0.05, 0) is 25.7 Å². The van der Waals surface area contributed by atoms with E-state index in [0.717, 1.165) is 18.4 Å². The van der Waals surface area contributed by atoms with Gasteiger partial charge < -0.3 is 9.84 Å². The van der Waals surface area contributed by atoms with Crippen LogP contribution in [-0.2, 0) is 9.53 Å². The largest absolute Gasteiger partial charge is 0.481 e. The fourth-order valence-corrected chi connectivity index (χ4v) is 2.53. The zero-order chi connectivity index (χ0) is 12.9. The Balaban J connectivity index is 2.99. The van der Waals surface area contributed by atoms with E-state index in [2.05, 4.69) is 6.08 Å². The van der Waals surface area contributed by atoms with Gasteiger partial charge in [-0.15, -0.1) is 0 Å². The Labute approximate surface area is 103 Å². The van der Waals surface area contributed by atoms with Gasteiger partial charge in [0.25, 0.3) is 0 Å². The first-order valence-electron chi connectivity index (χ1n) is 6.16. The maximum Gasteiger partial charge on any atom is 0.314 e. The van der Waals surface area contributed by atoms with Crippen molar-refractivity contribution in [2.45, 2.75) is 33.1 Å². The Bertz CT molecular complexity index is 330. The molecule has 0 aromatic heterocycles. The summed E-state index contributed by atoms with van der Waals surface area (Å²) in [5.41, 5.74) is 0.395. The second kappa shape index (κ2) is 6.01. The molecule has 0 heterocycles. The summed E-state index contributed by atoms with van der Waals surface area (Å²) < 4.78 is 5.08. The molecule has 0 aliphatic heterocycles. The third kappa shape index (κ3) is 2.97. The van der Waals surface area contributed by atoms with Crippen LogP contribution in [-0.4, -0.2) is 24.8 Å². The van der Waals surface area contributed by atoms with Crippen molar-refractivity contribution < 1.29 is 14.6 Å². The van der Waals surface area contributed by atoms with Crippen molar-refractivity contribution in [2.75, 3.05) is 13.7 Å². The van der Waals surface area contributed by atoms with Gasteiger partial charge >= 0.3 is 5.97 Å². The molecule has 0 amide bonds. The van der Waals surface area contributed by atoms with Crippen LogP contribution < -0.4 is 0 Å². The molecule has 96 valence electrons. The van der Waals surface area contributed by atoms with Gasteiger partial charge in [-0.2, -0.15) is 0 Å². The molecular formula is C14H22O3. The minimum Gasteiger partial charge on any atom is -0.481 e. The summed E-state index contributed by atoms with van der Waals surface area (Å²) in [6, 6.07) is 0. The van der Waals surface area contributed by atoms with Gasteiger partial charge in [0.1, 0.15) is 0 Å². The Kier molecular flexibility index (Phi) is 4.94. The van der Waals surface area contributed by atoms with Gasteiger partial charge in [-0.25, -0.2) is 0 Å². The van der Waals surface area contributed by atoms with Crippen molar-refractivity contribution in [2.24, 2.45) is 11.3 Å². The number of hydrogen-bond donors (Lipinski definition) is 1. The standard InChI is InChI=1S/C14H22O3/c1-4-7-14(13(15)16)8-5-11(2)10-12(14)6-9-17-3/h5,8,10,12H,4,6-7,9H2,1-3H3,(H,15,16). The van der Waals surface area contributed by atoms with Crippen molar-refractivity contribution in [1.29, 1.82) is 0 Å². The number of aliphatic carboxylic acids is 1. The highest BCUT2D eigenvalue weighted by Crippen LogP contribution is 2.41. The monoisotopic (exact) mass is 238 g/mol. The highest BCUT2D eigenvalue weighted by atomic mass is 16.5. The minimum absolute atomic E-state index is 0.0323. The van der Waals surface area contributed by atoms with Crippen LogP contribution >= 0.6 is 0 Å². The maximum absolute atomic E-state index is 11.6. The molecular weight excluding hydrogens is 216 g/mol. The molecule has 3 nitrogen and oxygen atoms in total. The summed E-state index contributed by atoms with van der Waals surface area (Å²) in [6.07, 6.45) is 8.17. The van der Waals surface area contributed by atoms with E-state index in [9.17, 15) is 9.90 Å². The number of ether oxygens (including phenoxy) is 1. The number of carbonyl (C=O) groups is 1. The van der Waals surface area contributed by atoms with Crippen LogP contribution in [0.15, 0.2) is 23.8 Å². The molecule has 17 heavy (non-hydrogen) atoms. The zero-order valence-electron chi connectivity index (χ0n) is 10.9. The molecule has 0 bridgehead atoms. The normalized spacial score (nSPS) is 27.9. The Morgan fingerprint density at radius 1 is 1.59 bits per heavy atom. The van der Waals surface area contributed by atoms with Crippen molar-refractivity contribution in [3.05, 3.63) is 23.8 Å². The topological polar surface area (TPSA) is 46.5 Å². The highest BCUT2D eigenvalue weighted by molar-refractivity contribution is 5.78. The summed E-state index contributed by atoms with van der Waals surface area (Å²) in [5.74, 6) is -0.689. The highest BCUT2D eigenvalue weighted by Gasteiger charge is 2.42. The van der Waals surface area contributed by atoms with Crippen molar-refractivity contribution in [3.8, 4) is 0 Å². The predicted octanol–water partition coefficient (Wildman–Crippen LogP) is 3.03. The van der Waals surface area contributed by atoms with E-state index in [1.54, 1.807) is 7.11 Å². The first-order chi connectivity index (χ1) is 8.06. The van der Waals surface area contributed by atoms with Crippen molar-refractivity contribution in [3.63, 3.8) is 0 Å². The van der Waals surface area contributed by atoms with Crippen LogP contribution in [0.3, 0.4) is 0 Å². The SMILES string of the molecule is CCCC1(C(=O)O)C=CC(C)=CC1CCOC. The Hall–Kier alpha value is -1.09. The summed E-state index contributed by atoms with van der Waals surface area (Å²) in [6.45, 7) is 4.63. The van der Waals surface area contributed by atoms with Crippen LogP contribution in [0.4, 0.5) is 0 Å². The first-order valence-corrected chi connectivity index (χ1v) is 6.16. The second-order valence-corrected chi connectivity index (χ2v) is 4.73. The predicted molar refractivity (Wildman–Crippen MR) is 67.9 cm³/mol. The molecule has 2 atom stereocenters. The number of carboxylic acid groups (broad SMARTS) is 1. The summed E-state index contributed by atoms with van der Waals surface area (Å²) in [5, 5.41) is 9.55. The third-order valence-corrected chi connectivity index (χ3v) is 3.46. The number of hydrogen-bond acceptors (Lipinski definition) is 2. The average molecular weight is 238 g/mol. The van der Waals surface area contributed by atoms with E-state index in [1.165, 1.54) is 0 Å². The Morgan fingerprint density at radius 3 is 2.82 bits per heavy atom. The minimum atomic E-state index is -0.743. The molecule has 2 unspecified atom stereocenters. The lowest BCUT2D eigenvalue weighted by atomic mass is 9.67. The van der Waals surface area contributed by atoms with E-state index >= 15 is 0 Å². The molecule has 1 rings (SSSR count). The zero-order valence-corrected chi connectivity index (χ0v) is 10.9. The quantitative estimate of drug-likeness (QED) is 0.773. The summed E-state index contributed by atoms with van der Waals surface area (Å²) >= 11 is 0. The van der Waals surface area contributed by atoms with Crippen molar-refractivity contribution >= 4 is 5.97 Å². The molecule has 0 aromatic rings. The van der Waals surface area contributed by atoms with Crippen LogP contribution in [0.25, 0.3) is 0 Å². The number of methoxy groups -OCH3 is 1. The lowest BCUT2D eigenvalue weighted by Crippen LogP contribution is -2.38.